The van der Waals surface area contributed by atoms with Crippen molar-refractivity contribution in [1.82, 2.24) is 29.4 Å². The highest BCUT2D eigenvalue weighted by molar-refractivity contribution is 5.92. The molecule has 0 aromatic carbocycles. The molecule has 4 aromatic rings. The summed E-state index contributed by atoms with van der Waals surface area (Å²) in [6.45, 7) is 0.191. The van der Waals surface area contributed by atoms with Crippen LogP contribution in [0.4, 0.5) is 4.39 Å². The number of nitrogens with one attached hydrogen (secondary N) is 1. The zero-order chi connectivity index (χ0) is 17.6. The van der Waals surface area contributed by atoms with Crippen LogP contribution in [0, 0.1) is 5.82 Å². The summed E-state index contributed by atoms with van der Waals surface area (Å²) in [6.07, 6.45) is 6.36. The summed E-state index contributed by atoms with van der Waals surface area (Å²) in [5.41, 5.74) is 1.88. The van der Waals surface area contributed by atoms with Crippen LogP contribution in [0.15, 0.2) is 36.9 Å². The number of nitrogens with zero attached hydrogens (tertiary/aromatic N) is 5. The van der Waals surface area contributed by atoms with Crippen molar-refractivity contribution in [1.29, 1.82) is 0 Å². The van der Waals surface area contributed by atoms with Crippen molar-refractivity contribution in [3.63, 3.8) is 0 Å². The van der Waals surface area contributed by atoms with Crippen LogP contribution in [0.5, 0.6) is 0 Å². The lowest BCUT2D eigenvalue weighted by Gasteiger charge is -2.11. The molecule has 8 heteroatoms. The number of aromatic nitrogens is 5. The Morgan fingerprint density at radius 1 is 1.32 bits per heavy atom. The largest absolute Gasteiger partial charge is 0.347 e. The molecular formula is C17H15FN6O. The van der Waals surface area contributed by atoms with Gasteiger partial charge in [0.1, 0.15) is 23.7 Å². The molecule has 0 saturated heterocycles. The first-order valence-electron chi connectivity index (χ1n) is 7.68. The molecule has 0 unspecified atom stereocenters. The third kappa shape index (κ3) is 2.61. The van der Waals surface area contributed by atoms with E-state index in [0.29, 0.717) is 28.1 Å². The van der Waals surface area contributed by atoms with Gasteiger partial charge in [0, 0.05) is 49.0 Å². The molecule has 0 saturated carbocycles. The van der Waals surface area contributed by atoms with Crippen LogP contribution in [0.2, 0.25) is 0 Å². The highest BCUT2D eigenvalue weighted by Crippen LogP contribution is 2.26. The van der Waals surface area contributed by atoms with Crippen LogP contribution in [0.3, 0.4) is 0 Å². The zero-order valence-corrected chi connectivity index (χ0v) is 13.7. The van der Waals surface area contributed by atoms with E-state index in [9.17, 15) is 9.18 Å². The number of amides is 1. The Morgan fingerprint density at radius 2 is 2.16 bits per heavy atom. The number of likely N-dealkylation sites (N-methyl/N-ethyl adjacent to an activating group) is 1. The van der Waals surface area contributed by atoms with Gasteiger partial charge in [-0.05, 0) is 12.1 Å². The Morgan fingerprint density at radius 3 is 2.96 bits per heavy atom. The van der Waals surface area contributed by atoms with Crippen molar-refractivity contribution in [2.45, 2.75) is 6.54 Å². The normalized spacial score (nSPS) is 11.3. The van der Waals surface area contributed by atoms with E-state index in [2.05, 4.69) is 19.9 Å². The van der Waals surface area contributed by atoms with Crippen LogP contribution in [0.25, 0.3) is 33.5 Å². The van der Waals surface area contributed by atoms with Gasteiger partial charge in [-0.15, -0.1) is 0 Å². The SMILES string of the molecule is CN(C)C(=O)Cn1ccc2cnc(-c3c[nH]c4ncc(F)cc34)nc21. The average molecular weight is 338 g/mol. The minimum atomic E-state index is -0.422. The van der Waals surface area contributed by atoms with Crippen LogP contribution in [-0.4, -0.2) is 49.4 Å². The number of rotatable bonds is 3. The van der Waals surface area contributed by atoms with Gasteiger partial charge in [0.2, 0.25) is 5.91 Å². The van der Waals surface area contributed by atoms with Crippen molar-refractivity contribution in [2.24, 2.45) is 0 Å². The highest BCUT2D eigenvalue weighted by atomic mass is 19.1. The third-order valence-corrected chi connectivity index (χ3v) is 4.05. The van der Waals surface area contributed by atoms with E-state index in [4.69, 9.17) is 0 Å². The van der Waals surface area contributed by atoms with Gasteiger partial charge in [-0.25, -0.2) is 19.3 Å². The number of halogens is 1. The first-order valence-corrected chi connectivity index (χ1v) is 7.68. The van der Waals surface area contributed by atoms with Gasteiger partial charge in [0.05, 0.1) is 6.20 Å². The predicted molar refractivity (Wildman–Crippen MR) is 91.3 cm³/mol. The van der Waals surface area contributed by atoms with Crippen molar-refractivity contribution < 1.29 is 9.18 Å². The number of fused-ring (bicyclic) bond motifs is 2. The summed E-state index contributed by atoms with van der Waals surface area (Å²) in [5, 5.41) is 1.45. The van der Waals surface area contributed by atoms with Crippen molar-refractivity contribution in [3.05, 3.63) is 42.7 Å². The van der Waals surface area contributed by atoms with Gasteiger partial charge in [-0.2, -0.15) is 0 Å². The zero-order valence-electron chi connectivity index (χ0n) is 13.7. The van der Waals surface area contributed by atoms with E-state index in [1.54, 1.807) is 37.3 Å². The van der Waals surface area contributed by atoms with Gasteiger partial charge in [0.15, 0.2) is 5.82 Å². The number of aromatic amines is 1. The summed E-state index contributed by atoms with van der Waals surface area (Å²) in [4.78, 5) is 29.5. The van der Waals surface area contributed by atoms with E-state index >= 15 is 0 Å². The average Bonchev–Trinajstić information content (AvgIpc) is 3.18. The first-order chi connectivity index (χ1) is 12.0. The number of pyridine rings is 1. The molecule has 25 heavy (non-hydrogen) atoms. The van der Waals surface area contributed by atoms with E-state index in [-0.39, 0.29) is 12.5 Å². The molecule has 0 fully saturated rings. The Bertz CT molecular complexity index is 1100. The lowest BCUT2D eigenvalue weighted by Crippen LogP contribution is -2.26. The molecule has 1 amide bonds. The van der Waals surface area contributed by atoms with Crippen LogP contribution in [-0.2, 0) is 11.3 Å². The summed E-state index contributed by atoms with van der Waals surface area (Å²) in [5.74, 6) is -0.00573. The van der Waals surface area contributed by atoms with Gasteiger partial charge in [0.25, 0.3) is 0 Å². The molecule has 0 bridgehead atoms. The molecule has 1 N–H and O–H groups in total. The van der Waals surface area contributed by atoms with Gasteiger partial charge >= 0.3 is 0 Å². The topological polar surface area (TPSA) is 79.7 Å². The molecule has 0 spiro atoms. The molecule has 0 aliphatic carbocycles. The fourth-order valence-electron chi connectivity index (χ4n) is 2.68. The quantitative estimate of drug-likeness (QED) is 0.621. The van der Waals surface area contributed by atoms with Crippen LogP contribution in [0.1, 0.15) is 0 Å². The predicted octanol–water partition coefficient (Wildman–Crippen LogP) is 2.20. The second-order valence-electron chi connectivity index (χ2n) is 5.96. The maximum absolute atomic E-state index is 13.5. The van der Waals surface area contributed by atoms with E-state index in [0.717, 1.165) is 11.6 Å². The van der Waals surface area contributed by atoms with Gasteiger partial charge < -0.3 is 14.5 Å². The second-order valence-corrected chi connectivity index (χ2v) is 5.96. The van der Waals surface area contributed by atoms with E-state index < -0.39 is 5.82 Å². The van der Waals surface area contributed by atoms with Crippen LogP contribution < -0.4 is 0 Å². The van der Waals surface area contributed by atoms with Crippen LogP contribution >= 0.6 is 0 Å². The summed E-state index contributed by atoms with van der Waals surface area (Å²) in [7, 11) is 3.42. The summed E-state index contributed by atoms with van der Waals surface area (Å²) in [6, 6.07) is 3.26. The number of carbonyl (C=O) groups excluding carboxylic acids is 1. The minimum Gasteiger partial charge on any atom is -0.347 e. The Kier molecular flexibility index (Phi) is 3.45. The number of hydrogen-bond donors (Lipinski definition) is 1. The molecule has 0 aliphatic heterocycles. The van der Waals surface area contributed by atoms with Gasteiger partial charge in [-0.3, -0.25) is 4.79 Å². The highest BCUT2D eigenvalue weighted by Gasteiger charge is 2.14. The molecule has 0 radical (unpaired) electrons. The molecular weight excluding hydrogens is 323 g/mol. The number of carbonyl (C=O) groups is 1. The molecule has 4 rings (SSSR count). The van der Waals surface area contributed by atoms with E-state index in [1.165, 1.54) is 11.0 Å². The fourth-order valence-corrected chi connectivity index (χ4v) is 2.68. The monoisotopic (exact) mass is 338 g/mol. The van der Waals surface area contributed by atoms with E-state index in [1.807, 2.05) is 6.07 Å². The molecule has 0 aliphatic rings. The molecule has 0 atom stereocenters. The maximum Gasteiger partial charge on any atom is 0.242 e. The van der Waals surface area contributed by atoms with Crippen molar-refractivity contribution in [2.75, 3.05) is 14.1 Å². The maximum atomic E-state index is 13.5. The lowest BCUT2D eigenvalue weighted by molar-refractivity contribution is -0.129. The molecule has 4 aromatic heterocycles. The first kappa shape index (κ1) is 15.3. The minimum absolute atomic E-state index is 0.0315. The Hall–Kier alpha value is -3.29. The van der Waals surface area contributed by atoms with Crippen molar-refractivity contribution in [3.8, 4) is 11.4 Å². The fraction of sp³-hybridized carbons (Fsp3) is 0.176. The number of H-pyrrole nitrogens is 1. The summed E-state index contributed by atoms with van der Waals surface area (Å²) >= 11 is 0. The molecule has 126 valence electrons. The molecule has 7 nitrogen and oxygen atoms in total. The smallest absolute Gasteiger partial charge is 0.242 e. The summed E-state index contributed by atoms with van der Waals surface area (Å²) < 4.78 is 15.3. The number of hydrogen-bond acceptors (Lipinski definition) is 4. The third-order valence-electron chi connectivity index (χ3n) is 4.05. The Balaban J connectivity index is 1.82. The van der Waals surface area contributed by atoms with Gasteiger partial charge in [-0.1, -0.05) is 0 Å². The van der Waals surface area contributed by atoms with Crippen molar-refractivity contribution >= 4 is 28.0 Å². The standard InChI is InChI=1S/C17H15FN6O/c1-23(2)14(25)9-24-4-3-10-6-19-16(22-17(10)24)13-8-21-15-12(13)5-11(18)7-20-15/h3-8H,9H2,1-2H3,(H,20,21). The molecule has 4 heterocycles. The Labute approximate surface area is 142 Å². The second kappa shape index (κ2) is 5.66. The lowest BCUT2D eigenvalue weighted by atomic mass is 10.2.